The third kappa shape index (κ3) is 3.05. The number of benzene rings is 1. The van der Waals surface area contributed by atoms with Crippen LogP contribution in [0.25, 0.3) is 0 Å². The highest BCUT2D eigenvalue weighted by Gasteiger charge is 2.10. The van der Waals surface area contributed by atoms with Crippen molar-refractivity contribution in [3.05, 3.63) is 23.8 Å². The van der Waals surface area contributed by atoms with E-state index in [1.807, 2.05) is 25.1 Å². The van der Waals surface area contributed by atoms with E-state index in [1.165, 1.54) is 0 Å². The molecule has 0 spiro atoms. The zero-order chi connectivity index (χ0) is 11.3. The van der Waals surface area contributed by atoms with E-state index >= 15 is 0 Å². The van der Waals surface area contributed by atoms with Crippen LogP contribution in [0.3, 0.4) is 0 Å². The molecule has 0 saturated heterocycles. The summed E-state index contributed by atoms with van der Waals surface area (Å²) in [5.74, 6) is 0.784. The first-order valence-corrected chi connectivity index (χ1v) is 5.39. The molecule has 0 heterocycles. The fourth-order valence-corrected chi connectivity index (χ4v) is 1.46. The Bertz CT molecular complexity index is 332. The molecule has 0 aromatic heterocycles. The van der Waals surface area contributed by atoms with Gasteiger partial charge in [-0.2, -0.15) is 5.53 Å². The molecule has 1 aromatic carbocycles. The van der Waals surface area contributed by atoms with Crippen molar-refractivity contribution in [1.29, 1.82) is 0 Å². The summed E-state index contributed by atoms with van der Waals surface area (Å²) in [6, 6.07) is 5.84. The Morgan fingerprint density at radius 2 is 2.00 bits per heavy atom. The van der Waals surface area contributed by atoms with Crippen LogP contribution >= 0.6 is 0 Å². The van der Waals surface area contributed by atoms with Crippen LogP contribution in [0.4, 0.5) is 5.69 Å². The van der Waals surface area contributed by atoms with Gasteiger partial charge >= 0.3 is 0 Å². The molecule has 0 bridgehead atoms. The number of ether oxygens (including phenoxy) is 1. The zero-order valence-electron chi connectivity index (χ0n) is 9.66. The molecule has 0 atom stereocenters. The van der Waals surface area contributed by atoms with E-state index in [9.17, 15) is 0 Å². The highest BCUT2D eigenvalue weighted by Crippen LogP contribution is 2.29. The molecule has 2 N–H and O–H groups in total. The van der Waals surface area contributed by atoms with Crippen molar-refractivity contribution in [2.24, 2.45) is 5.11 Å². The van der Waals surface area contributed by atoms with Gasteiger partial charge in [-0.25, -0.2) is 0 Å². The van der Waals surface area contributed by atoms with Crippen LogP contribution in [0.1, 0.15) is 32.3 Å². The Labute approximate surface area is 91.0 Å². The smallest absolute Gasteiger partial charge is 0.171 e. The molecule has 0 saturated carbocycles. The molecule has 1 rings (SSSR count). The van der Waals surface area contributed by atoms with Gasteiger partial charge in [-0.1, -0.05) is 19.9 Å². The van der Waals surface area contributed by atoms with Crippen molar-refractivity contribution >= 4 is 5.69 Å². The van der Waals surface area contributed by atoms with Gasteiger partial charge in [-0.3, -0.25) is 0 Å². The second kappa shape index (κ2) is 5.49. The SMILES string of the molecule is CCC(CC)Oc1cc(C)ccc1N=[NH2+]. The monoisotopic (exact) mass is 207 g/mol. The summed E-state index contributed by atoms with van der Waals surface area (Å²) in [6.45, 7) is 6.26. The third-order valence-corrected chi connectivity index (χ3v) is 2.46. The van der Waals surface area contributed by atoms with Crippen LogP contribution in [0.2, 0.25) is 0 Å². The Morgan fingerprint density at radius 3 is 2.53 bits per heavy atom. The van der Waals surface area contributed by atoms with Gasteiger partial charge in [0, 0.05) is 0 Å². The summed E-state index contributed by atoms with van der Waals surface area (Å²) in [5.41, 5.74) is 7.18. The molecule has 0 aliphatic carbocycles. The van der Waals surface area contributed by atoms with Crippen molar-refractivity contribution in [2.75, 3.05) is 0 Å². The van der Waals surface area contributed by atoms with Crippen molar-refractivity contribution in [3.8, 4) is 5.75 Å². The topological polar surface area (TPSA) is 47.2 Å². The summed E-state index contributed by atoms with van der Waals surface area (Å²) in [7, 11) is 0. The molecule has 0 aliphatic rings. The molecule has 0 radical (unpaired) electrons. The molecule has 3 heteroatoms. The lowest BCUT2D eigenvalue weighted by molar-refractivity contribution is -0.210. The van der Waals surface area contributed by atoms with Crippen molar-refractivity contribution in [3.63, 3.8) is 0 Å². The van der Waals surface area contributed by atoms with E-state index < -0.39 is 0 Å². The summed E-state index contributed by atoms with van der Waals surface area (Å²) in [6.07, 6.45) is 2.23. The fraction of sp³-hybridized carbons (Fsp3) is 0.500. The Kier molecular flexibility index (Phi) is 4.28. The number of rotatable bonds is 5. The van der Waals surface area contributed by atoms with Crippen molar-refractivity contribution < 1.29 is 10.3 Å². The minimum atomic E-state index is 0.243. The van der Waals surface area contributed by atoms with Crippen LogP contribution in [0, 0.1) is 6.92 Å². The maximum atomic E-state index is 5.84. The van der Waals surface area contributed by atoms with Gasteiger partial charge in [0.25, 0.3) is 0 Å². The van der Waals surface area contributed by atoms with Crippen LogP contribution in [-0.2, 0) is 0 Å². The van der Waals surface area contributed by atoms with Crippen molar-refractivity contribution in [2.45, 2.75) is 39.7 Å². The number of hydrogen-bond acceptors (Lipinski definition) is 2. The van der Waals surface area contributed by atoms with E-state index in [1.54, 1.807) is 0 Å². The normalized spacial score (nSPS) is 10.4. The second-order valence-corrected chi connectivity index (χ2v) is 3.66. The predicted molar refractivity (Wildman–Crippen MR) is 60.2 cm³/mol. The van der Waals surface area contributed by atoms with Gasteiger partial charge < -0.3 is 4.74 Å². The zero-order valence-corrected chi connectivity index (χ0v) is 9.66. The third-order valence-electron chi connectivity index (χ3n) is 2.46. The first-order valence-electron chi connectivity index (χ1n) is 5.39. The number of hydrogen-bond donors (Lipinski definition) is 1. The Hall–Kier alpha value is -1.38. The maximum absolute atomic E-state index is 5.84. The lowest BCUT2D eigenvalue weighted by Gasteiger charge is -2.16. The average molecular weight is 207 g/mol. The molecular weight excluding hydrogens is 188 g/mol. The molecular formula is C12H19N2O+. The van der Waals surface area contributed by atoms with Gasteiger partial charge in [0.1, 0.15) is 0 Å². The van der Waals surface area contributed by atoms with Crippen LogP contribution in [-0.4, -0.2) is 6.10 Å². The summed E-state index contributed by atoms with van der Waals surface area (Å²) < 4.78 is 5.84. The summed E-state index contributed by atoms with van der Waals surface area (Å²) >= 11 is 0. The van der Waals surface area contributed by atoms with Crippen LogP contribution < -0.4 is 10.3 Å². The van der Waals surface area contributed by atoms with Gasteiger partial charge in [0.05, 0.1) is 6.10 Å². The van der Waals surface area contributed by atoms with E-state index in [0.29, 0.717) is 5.69 Å². The average Bonchev–Trinajstić information content (AvgIpc) is 2.26. The quantitative estimate of drug-likeness (QED) is 0.740. The number of nitrogens with zero attached hydrogens (tertiary/aromatic N) is 1. The highest BCUT2D eigenvalue weighted by molar-refractivity contribution is 5.52. The number of nitrogens with two attached hydrogens (primary N) is 1. The summed E-state index contributed by atoms with van der Waals surface area (Å²) in [4.78, 5) is 0. The van der Waals surface area contributed by atoms with Crippen LogP contribution in [0.5, 0.6) is 5.75 Å². The van der Waals surface area contributed by atoms with E-state index in [2.05, 4.69) is 19.0 Å². The standard InChI is InChI=1S/C12H18N2O/c1-4-10(5-2)15-12-8-9(3)6-7-11(12)14-13/h6-8,10,13H,4-5H2,1-3H3/p+1. The minimum absolute atomic E-state index is 0.243. The van der Waals surface area contributed by atoms with Gasteiger partial charge in [0.15, 0.2) is 11.4 Å². The molecule has 0 unspecified atom stereocenters. The maximum Gasteiger partial charge on any atom is 0.171 e. The lowest BCUT2D eigenvalue weighted by Crippen LogP contribution is -2.22. The number of aryl methyl sites for hydroxylation is 1. The Morgan fingerprint density at radius 1 is 1.33 bits per heavy atom. The predicted octanol–water partition coefficient (Wildman–Crippen LogP) is 2.41. The first kappa shape index (κ1) is 11.7. The van der Waals surface area contributed by atoms with E-state index in [-0.39, 0.29) is 6.10 Å². The Balaban J connectivity index is 2.90. The largest absolute Gasteiger partial charge is 0.488 e. The summed E-state index contributed by atoms with van der Waals surface area (Å²) in [5, 5.41) is 3.71. The van der Waals surface area contributed by atoms with Gasteiger partial charge in [0.2, 0.25) is 0 Å². The fourth-order valence-electron chi connectivity index (χ4n) is 1.46. The molecule has 15 heavy (non-hydrogen) atoms. The second-order valence-electron chi connectivity index (χ2n) is 3.66. The molecule has 1 aromatic rings. The molecule has 82 valence electrons. The van der Waals surface area contributed by atoms with Crippen molar-refractivity contribution in [1.82, 2.24) is 0 Å². The highest BCUT2D eigenvalue weighted by atomic mass is 16.5. The molecule has 0 fully saturated rings. The first-order chi connectivity index (χ1) is 7.21. The van der Waals surface area contributed by atoms with Gasteiger partial charge in [-0.05, 0) is 42.6 Å². The van der Waals surface area contributed by atoms with Gasteiger partial charge in [-0.15, -0.1) is 0 Å². The molecule has 0 amide bonds. The van der Waals surface area contributed by atoms with E-state index in [0.717, 1.165) is 24.2 Å². The van der Waals surface area contributed by atoms with E-state index in [4.69, 9.17) is 10.3 Å². The molecule has 0 aliphatic heterocycles. The van der Waals surface area contributed by atoms with Crippen LogP contribution in [0.15, 0.2) is 23.3 Å². The minimum Gasteiger partial charge on any atom is -0.488 e. The lowest BCUT2D eigenvalue weighted by atomic mass is 10.2. The molecule has 3 nitrogen and oxygen atoms in total.